The highest BCUT2D eigenvalue weighted by Crippen LogP contribution is 2.68. The highest BCUT2D eigenvalue weighted by molar-refractivity contribution is 6.28. The van der Waals surface area contributed by atoms with Gasteiger partial charge in [0.05, 0.1) is 40.6 Å². The van der Waals surface area contributed by atoms with Crippen LogP contribution in [0.1, 0.15) is 24.2 Å². The molecular weight excluding hydrogens is 584 g/mol. The van der Waals surface area contributed by atoms with Gasteiger partial charge in [-0.3, -0.25) is 28.8 Å². The molecular formula is C34H25F2N3O6. The lowest BCUT2D eigenvalue weighted by atomic mass is 9.41. The third-order valence-corrected chi connectivity index (χ3v) is 9.78. The molecule has 2 aliphatic heterocycles. The van der Waals surface area contributed by atoms with E-state index in [9.17, 15) is 37.5 Å². The van der Waals surface area contributed by atoms with Crippen molar-refractivity contribution in [3.8, 4) is 0 Å². The Morgan fingerprint density at radius 1 is 0.689 bits per heavy atom. The Balaban J connectivity index is 1.49. The zero-order valence-corrected chi connectivity index (χ0v) is 24.0. The average molecular weight is 610 g/mol. The number of nitrogens with zero attached hydrogens (tertiary/aromatic N) is 2. The van der Waals surface area contributed by atoms with Crippen molar-refractivity contribution in [3.05, 3.63) is 108 Å². The summed E-state index contributed by atoms with van der Waals surface area (Å²) in [7, 11) is 0. The van der Waals surface area contributed by atoms with E-state index in [2.05, 4.69) is 5.32 Å². The van der Waals surface area contributed by atoms with Crippen LogP contribution in [-0.2, 0) is 24.0 Å². The van der Waals surface area contributed by atoms with Crippen molar-refractivity contribution in [2.24, 2.45) is 29.1 Å². The van der Waals surface area contributed by atoms with Gasteiger partial charge in [-0.25, -0.2) is 18.6 Å². The van der Waals surface area contributed by atoms with Gasteiger partial charge in [-0.1, -0.05) is 43.3 Å². The van der Waals surface area contributed by atoms with Gasteiger partial charge in [-0.15, -0.1) is 0 Å². The summed E-state index contributed by atoms with van der Waals surface area (Å²) in [6, 6.07) is 17.6. The molecule has 9 nitrogen and oxygen atoms in total. The summed E-state index contributed by atoms with van der Waals surface area (Å²) in [4.78, 5) is 86.4. The van der Waals surface area contributed by atoms with Crippen molar-refractivity contribution in [3.63, 3.8) is 0 Å². The number of carbonyl (C=O) groups excluding carboxylic acids is 6. The van der Waals surface area contributed by atoms with E-state index in [1.165, 1.54) is 56.3 Å². The number of allylic oxidation sites excluding steroid dienone is 1. The van der Waals surface area contributed by atoms with Gasteiger partial charge in [-0.05, 0) is 55.5 Å². The van der Waals surface area contributed by atoms with Crippen LogP contribution in [-0.4, -0.2) is 40.9 Å². The molecule has 11 heteroatoms. The molecule has 45 heavy (non-hydrogen) atoms. The number of hydrogen-bond acceptors (Lipinski definition) is 6. The minimum Gasteiger partial charge on any atom is -0.341 e. The van der Waals surface area contributed by atoms with Crippen molar-refractivity contribution in [1.29, 1.82) is 0 Å². The molecule has 6 atom stereocenters. The molecule has 0 radical (unpaired) electrons. The molecule has 2 unspecified atom stereocenters. The Hall–Kier alpha value is -5.32. The van der Waals surface area contributed by atoms with Crippen molar-refractivity contribution < 1.29 is 37.5 Å². The number of hydrogen-bond donors (Lipinski definition) is 1. The lowest BCUT2D eigenvalue weighted by molar-refractivity contribution is -0.152. The van der Waals surface area contributed by atoms with Crippen LogP contribution in [0.5, 0.6) is 0 Å². The second-order valence-electron chi connectivity index (χ2n) is 12.0. The maximum Gasteiger partial charge on any atom is 0.252 e. The zero-order chi connectivity index (χ0) is 32.0. The van der Waals surface area contributed by atoms with Crippen LogP contribution in [0.25, 0.3) is 0 Å². The number of halogens is 2. The summed E-state index contributed by atoms with van der Waals surface area (Å²) in [6.45, 7) is 2.74. The fraction of sp³-hybridized carbons (Fsp3) is 0.235. The Morgan fingerprint density at radius 3 is 1.60 bits per heavy atom. The predicted octanol–water partition coefficient (Wildman–Crippen LogP) is 3.59. The number of benzene rings is 3. The highest BCUT2D eigenvalue weighted by atomic mass is 19.1. The Labute approximate surface area is 255 Å². The van der Waals surface area contributed by atoms with Crippen LogP contribution >= 0.6 is 0 Å². The highest BCUT2D eigenvalue weighted by Gasteiger charge is 2.80. The van der Waals surface area contributed by atoms with Gasteiger partial charge >= 0.3 is 0 Å². The van der Waals surface area contributed by atoms with Gasteiger partial charge in [0, 0.05) is 16.6 Å². The first-order chi connectivity index (χ1) is 21.4. The average Bonchev–Trinajstić information content (AvgIpc) is 3.45. The van der Waals surface area contributed by atoms with Crippen molar-refractivity contribution >= 4 is 46.7 Å². The molecule has 3 fully saturated rings. The maximum atomic E-state index is 14.4. The zero-order valence-electron chi connectivity index (χ0n) is 24.0. The molecule has 3 aromatic rings. The fourth-order valence-electron chi connectivity index (χ4n) is 8.08. The predicted molar refractivity (Wildman–Crippen MR) is 155 cm³/mol. The number of carbonyl (C=O) groups is 6. The number of amides is 5. The topological polar surface area (TPSA) is 121 Å². The summed E-state index contributed by atoms with van der Waals surface area (Å²) in [5, 5.41) is 2.83. The minimum absolute atomic E-state index is 0.00264. The first-order valence-electron chi connectivity index (χ1n) is 14.3. The molecule has 1 saturated carbocycles. The molecule has 2 heterocycles. The quantitative estimate of drug-likeness (QED) is 0.442. The standard InChI is InChI=1S/C34H25F2N3O6/c1-17(40)23-16-34(37-28(41)18-8-4-3-5-9-18)26-24(29(42)38(31(26)44)21-12-6-10-19(35)14-21)33(23,2)25-27(34)32(45)39(30(25)43)22-13-7-11-20(36)15-22/h3-16,24-27H,1-2H3,(H,37,41)/t24-,25+,26+,27-,33?,34?. The maximum absolute atomic E-state index is 14.4. The van der Waals surface area contributed by atoms with Gasteiger partial charge in [0.15, 0.2) is 5.78 Å². The lowest BCUT2D eigenvalue weighted by Gasteiger charge is -2.59. The lowest BCUT2D eigenvalue weighted by Crippen LogP contribution is -2.73. The number of rotatable bonds is 5. The molecule has 3 aliphatic carbocycles. The molecule has 2 bridgehead atoms. The van der Waals surface area contributed by atoms with E-state index >= 15 is 0 Å². The number of nitrogens with one attached hydrogen (secondary N) is 1. The molecule has 2 saturated heterocycles. The van der Waals surface area contributed by atoms with Gasteiger partial charge in [0.25, 0.3) is 5.91 Å². The third-order valence-electron chi connectivity index (χ3n) is 9.78. The monoisotopic (exact) mass is 609 g/mol. The van der Waals surface area contributed by atoms with Gasteiger partial charge in [0.1, 0.15) is 11.6 Å². The smallest absolute Gasteiger partial charge is 0.252 e. The first kappa shape index (κ1) is 28.5. The second-order valence-corrected chi connectivity index (χ2v) is 12.0. The molecule has 226 valence electrons. The van der Waals surface area contributed by atoms with E-state index < -0.39 is 81.6 Å². The van der Waals surface area contributed by atoms with E-state index in [1.54, 1.807) is 18.2 Å². The molecule has 5 aliphatic rings. The largest absolute Gasteiger partial charge is 0.341 e. The van der Waals surface area contributed by atoms with Gasteiger partial charge in [0.2, 0.25) is 23.6 Å². The number of imide groups is 2. The first-order valence-corrected chi connectivity index (χ1v) is 14.3. The van der Waals surface area contributed by atoms with Crippen molar-refractivity contribution in [1.82, 2.24) is 5.32 Å². The second kappa shape index (κ2) is 9.59. The summed E-state index contributed by atoms with van der Waals surface area (Å²) in [5.41, 5.74) is -3.70. The SMILES string of the molecule is CC(=O)C1=CC2(NC(=O)c3ccccc3)[C@@H]3C(=O)N(c4cccc(F)c4)C(=O)[C@@H]3C1(C)[C@@H]1C(=O)N(c3cccc(F)c3)C(=O)[C@@H]12. The van der Waals surface area contributed by atoms with E-state index in [0.717, 1.165) is 34.1 Å². The van der Waals surface area contributed by atoms with E-state index in [1.807, 2.05) is 0 Å². The number of ketones is 1. The van der Waals surface area contributed by atoms with Crippen LogP contribution < -0.4 is 15.1 Å². The van der Waals surface area contributed by atoms with Crippen LogP contribution in [0.4, 0.5) is 20.2 Å². The Morgan fingerprint density at radius 2 is 1.16 bits per heavy atom. The van der Waals surface area contributed by atoms with E-state index in [0.29, 0.717) is 0 Å². The van der Waals surface area contributed by atoms with E-state index in [-0.39, 0.29) is 22.5 Å². The van der Waals surface area contributed by atoms with Crippen molar-refractivity contribution in [2.45, 2.75) is 19.4 Å². The number of Topliss-reactive ketones (excluding diaryl/α,β-unsaturated/α-hetero) is 1. The minimum atomic E-state index is -2.04. The van der Waals surface area contributed by atoms with Crippen LogP contribution in [0, 0.1) is 40.7 Å². The molecule has 0 spiro atoms. The molecule has 1 N–H and O–H groups in total. The molecule has 0 aromatic heterocycles. The molecule has 8 rings (SSSR count). The summed E-state index contributed by atoms with van der Waals surface area (Å²) >= 11 is 0. The molecule has 3 aromatic carbocycles. The van der Waals surface area contributed by atoms with Crippen LogP contribution in [0.15, 0.2) is 90.5 Å². The fourth-order valence-corrected chi connectivity index (χ4v) is 8.08. The van der Waals surface area contributed by atoms with Gasteiger partial charge < -0.3 is 5.32 Å². The Kier molecular flexibility index (Phi) is 6.06. The molecule has 5 amide bonds. The van der Waals surface area contributed by atoms with E-state index in [4.69, 9.17) is 0 Å². The summed E-state index contributed by atoms with van der Waals surface area (Å²) in [5.74, 6) is -11.6. The summed E-state index contributed by atoms with van der Waals surface area (Å²) in [6.07, 6.45) is 1.36. The van der Waals surface area contributed by atoms with Crippen molar-refractivity contribution in [2.75, 3.05) is 9.80 Å². The Bertz CT molecular complexity index is 1820. The normalized spacial score (nSPS) is 29.9. The van der Waals surface area contributed by atoms with Crippen LogP contribution in [0.3, 0.4) is 0 Å². The summed E-state index contributed by atoms with van der Waals surface area (Å²) < 4.78 is 28.7. The number of anilines is 2. The van der Waals surface area contributed by atoms with Gasteiger partial charge in [-0.2, -0.15) is 0 Å². The van der Waals surface area contributed by atoms with Crippen LogP contribution in [0.2, 0.25) is 0 Å². The third kappa shape index (κ3) is 3.69.